The lowest BCUT2D eigenvalue weighted by molar-refractivity contribution is -0.149. The fraction of sp³-hybridized carbons (Fsp3) is 0.621. The summed E-state index contributed by atoms with van der Waals surface area (Å²) in [6.07, 6.45) is -0.401. The van der Waals surface area contributed by atoms with E-state index in [0.717, 1.165) is 0 Å². The van der Waals surface area contributed by atoms with Gasteiger partial charge in [0, 0.05) is 58.5 Å². The van der Waals surface area contributed by atoms with Gasteiger partial charge in [-0.1, -0.05) is 6.07 Å². The van der Waals surface area contributed by atoms with Crippen molar-refractivity contribution in [3.05, 3.63) is 29.6 Å². The number of methoxy groups -OCH3 is 2. The SMILES string of the molecule is COC(=O)CCC(C(=O)O)N1CCN(C(CCC(C)=O)C(=O)O)Cc2cccc(n2)CN(C(CCC(=O)OC)C(=O)O)CC1. The normalized spacial score (nSPS) is 17.2. The molecule has 0 aromatic carbocycles. The van der Waals surface area contributed by atoms with Crippen molar-refractivity contribution in [2.45, 2.75) is 76.7 Å². The van der Waals surface area contributed by atoms with Gasteiger partial charge in [-0.15, -0.1) is 0 Å². The van der Waals surface area contributed by atoms with E-state index in [1.807, 2.05) is 0 Å². The molecule has 1 aromatic rings. The number of carbonyl (C=O) groups is 6. The highest BCUT2D eigenvalue weighted by Gasteiger charge is 2.33. The standard InChI is InChI=1S/C29H42N4O11/c1-19(34)7-8-23(28(39)40)32-15-13-31(22(27(37)38)9-11-25(35)43-2)14-16-33(18-21-6-4-5-20(17-32)30-21)24(29(41)42)10-12-26(36)44-3/h4-6,22-24H,7-18H2,1-3H3,(H,37,38)(H,39,40)(H,41,42). The molecule has 1 aliphatic rings. The molecule has 0 fully saturated rings. The Hall–Kier alpha value is -3.95. The number of ether oxygens (including phenoxy) is 2. The predicted octanol–water partition coefficient (Wildman–Crippen LogP) is 0.636. The molecule has 3 unspecified atom stereocenters. The Morgan fingerprint density at radius 3 is 1.41 bits per heavy atom. The average Bonchev–Trinajstić information content (AvgIpc) is 2.96. The van der Waals surface area contributed by atoms with Crippen molar-refractivity contribution < 1.29 is 53.6 Å². The molecule has 3 N–H and O–H groups in total. The van der Waals surface area contributed by atoms with Crippen LogP contribution in [0.5, 0.6) is 0 Å². The van der Waals surface area contributed by atoms with Gasteiger partial charge < -0.3 is 29.6 Å². The van der Waals surface area contributed by atoms with E-state index in [2.05, 4.69) is 14.5 Å². The van der Waals surface area contributed by atoms with Crippen LogP contribution in [-0.4, -0.2) is 129 Å². The monoisotopic (exact) mass is 622 g/mol. The summed E-state index contributed by atoms with van der Waals surface area (Å²) >= 11 is 0. The maximum Gasteiger partial charge on any atom is 0.320 e. The Balaban J connectivity index is 2.55. The van der Waals surface area contributed by atoms with Crippen molar-refractivity contribution >= 4 is 35.6 Å². The van der Waals surface area contributed by atoms with E-state index in [0.29, 0.717) is 11.4 Å². The zero-order valence-electron chi connectivity index (χ0n) is 25.3. The van der Waals surface area contributed by atoms with Gasteiger partial charge in [-0.05, 0) is 38.3 Å². The quantitative estimate of drug-likeness (QED) is 0.230. The van der Waals surface area contributed by atoms with Gasteiger partial charge in [0.05, 0.1) is 25.6 Å². The van der Waals surface area contributed by atoms with Crippen molar-refractivity contribution in [2.75, 3.05) is 40.4 Å². The zero-order chi connectivity index (χ0) is 32.8. The number of esters is 2. The number of carbonyl (C=O) groups excluding carboxylic acids is 3. The van der Waals surface area contributed by atoms with Crippen LogP contribution in [0, 0.1) is 0 Å². The molecule has 3 atom stereocenters. The second-order valence-corrected chi connectivity index (χ2v) is 10.6. The third-order valence-electron chi connectivity index (χ3n) is 7.59. The number of hydrogen-bond acceptors (Lipinski definition) is 12. The van der Waals surface area contributed by atoms with Gasteiger partial charge in [0.25, 0.3) is 0 Å². The first-order valence-corrected chi connectivity index (χ1v) is 14.3. The van der Waals surface area contributed by atoms with E-state index in [1.165, 1.54) is 21.1 Å². The smallest absolute Gasteiger partial charge is 0.320 e. The lowest BCUT2D eigenvalue weighted by atomic mass is 10.1. The number of aromatic nitrogens is 1. The minimum absolute atomic E-state index is 0.0403. The molecule has 0 aliphatic carbocycles. The molecular formula is C29H42N4O11. The van der Waals surface area contributed by atoms with E-state index in [9.17, 15) is 44.1 Å². The minimum Gasteiger partial charge on any atom is -0.480 e. The van der Waals surface area contributed by atoms with Gasteiger partial charge >= 0.3 is 29.8 Å². The number of Topliss-reactive ketones (excluding diaryl/α,β-unsaturated/α-hetero) is 1. The predicted molar refractivity (Wildman–Crippen MR) is 153 cm³/mol. The molecule has 0 spiro atoms. The van der Waals surface area contributed by atoms with E-state index in [4.69, 9.17) is 0 Å². The lowest BCUT2D eigenvalue weighted by Gasteiger charge is -2.36. The largest absolute Gasteiger partial charge is 0.480 e. The van der Waals surface area contributed by atoms with E-state index in [1.54, 1.807) is 32.9 Å². The highest BCUT2D eigenvalue weighted by Crippen LogP contribution is 2.19. The molecular weight excluding hydrogens is 580 g/mol. The molecule has 1 aliphatic heterocycles. The summed E-state index contributed by atoms with van der Waals surface area (Å²) in [5, 5.41) is 30.3. The van der Waals surface area contributed by atoms with Gasteiger partial charge in [-0.2, -0.15) is 0 Å². The molecule has 0 saturated heterocycles. The highest BCUT2D eigenvalue weighted by atomic mass is 16.5. The van der Waals surface area contributed by atoms with Gasteiger partial charge in [0.15, 0.2) is 0 Å². The van der Waals surface area contributed by atoms with Crippen LogP contribution in [0.3, 0.4) is 0 Å². The molecule has 2 bridgehead atoms. The Morgan fingerprint density at radius 1 is 0.682 bits per heavy atom. The fourth-order valence-electron chi connectivity index (χ4n) is 5.19. The third kappa shape index (κ3) is 11.6. The maximum atomic E-state index is 12.4. The van der Waals surface area contributed by atoms with Crippen molar-refractivity contribution in [1.29, 1.82) is 0 Å². The van der Waals surface area contributed by atoms with Crippen LogP contribution in [-0.2, 0) is 51.3 Å². The molecule has 2 rings (SSSR count). The Morgan fingerprint density at radius 2 is 1.05 bits per heavy atom. The molecule has 1 aromatic heterocycles. The number of fused-ring (bicyclic) bond motifs is 2. The molecule has 15 nitrogen and oxygen atoms in total. The first-order chi connectivity index (χ1) is 20.9. The molecule has 15 heteroatoms. The van der Waals surface area contributed by atoms with E-state index >= 15 is 0 Å². The second kappa shape index (κ2) is 18.0. The molecule has 0 radical (unpaired) electrons. The van der Waals surface area contributed by atoms with Crippen molar-refractivity contribution in [2.24, 2.45) is 0 Å². The molecule has 2 heterocycles. The van der Waals surface area contributed by atoms with Crippen LogP contribution in [0.4, 0.5) is 0 Å². The number of aliphatic carboxylic acids is 3. The highest BCUT2D eigenvalue weighted by molar-refractivity contribution is 5.78. The number of carboxylic acid groups (broad SMARTS) is 3. The summed E-state index contributed by atoms with van der Waals surface area (Å²) < 4.78 is 9.37. The number of nitrogens with zero attached hydrogens (tertiary/aromatic N) is 4. The van der Waals surface area contributed by atoms with Gasteiger partial charge in [-0.3, -0.25) is 43.7 Å². The number of rotatable bonds is 15. The lowest BCUT2D eigenvalue weighted by Crippen LogP contribution is -2.52. The van der Waals surface area contributed by atoms with Crippen LogP contribution < -0.4 is 0 Å². The number of ketones is 1. The van der Waals surface area contributed by atoms with Gasteiger partial charge in [-0.25, -0.2) is 0 Å². The van der Waals surface area contributed by atoms with Crippen molar-refractivity contribution in [3.63, 3.8) is 0 Å². The summed E-state index contributed by atoms with van der Waals surface area (Å²) in [4.78, 5) is 82.0. The van der Waals surface area contributed by atoms with Crippen molar-refractivity contribution in [1.82, 2.24) is 19.7 Å². The summed E-state index contributed by atoms with van der Waals surface area (Å²) in [6, 6.07) is 1.78. The van der Waals surface area contributed by atoms with E-state index in [-0.39, 0.29) is 83.6 Å². The third-order valence-corrected chi connectivity index (χ3v) is 7.59. The van der Waals surface area contributed by atoms with Crippen LogP contribution in [0.25, 0.3) is 0 Å². The van der Waals surface area contributed by atoms with Crippen LogP contribution in [0.15, 0.2) is 18.2 Å². The maximum absolute atomic E-state index is 12.4. The van der Waals surface area contributed by atoms with Crippen LogP contribution >= 0.6 is 0 Å². The minimum atomic E-state index is -1.21. The summed E-state index contributed by atoms with van der Waals surface area (Å²) in [5.41, 5.74) is 1.00. The first-order valence-electron chi connectivity index (χ1n) is 14.3. The molecule has 44 heavy (non-hydrogen) atoms. The summed E-state index contributed by atoms with van der Waals surface area (Å²) in [6.45, 7) is 1.72. The molecule has 0 amide bonds. The molecule has 0 saturated carbocycles. The zero-order valence-corrected chi connectivity index (χ0v) is 25.3. The number of pyridine rings is 1. The number of hydrogen-bond donors (Lipinski definition) is 3. The average molecular weight is 623 g/mol. The summed E-state index contributed by atoms with van der Waals surface area (Å²) in [5.74, 6) is -4.85. The number of carboxylic acids is 3. The first kappa shape index (κ1) is 36.2. The van der Waals surface area contributed by atoms with Gasteiger partial charge in [0.2, 0.25) is 0 Å². The molecule has 244 valence electrons. The van der Waals surface area contributed by atoms with E-state index < -0.39 is 48.0 Å². The Bertz CT molecular complexity index is 1180. The Labute approximate surface area is 255 Å². The Kier molecular flexibility index (Phi) is 14.8. The fourth-order valence-corrected chi connectivity index (χ4v) is 5.19. The summed E-state index contributed by atoms with van der Waals surface area (Å²) in [7, 11) is 2.40. The topological polar surface area (TPSA) is 204 Å². The van der Waals surface area contributed by atoms with Crippen LogP contribution in [0.1, 0.15) is 56.8 Å². The van der Waals surface area contributed by atoms with Crippen LogP contribution in [0.2, 0.25) is 0 Å². The van der Waals surface area contributed by atoms with Crippen molar-refractivity contribution in [3.8, 4) is 0 Å². The second-order valence-electron chi connectivity index (χ2n) is 10.6. The van der Waals surface area contributed by atoms with Gasteiger partial charge in [0.1, 0.15) is 23.9 Å².